The Morgan fingerprint density at radius 3 is 2.08 bits per heavy atom. The van der Waals surface area contributed by atoms with Crippen LogP contribution in [0.25, 0.3) is 11.1 Å². The molecular formula is C42H58N10O8. The van der Waals surface area contributed by atoms with Crippen molar-refractivity contribution in [1.82, 2.24) is 39.4 Å². The molecule has 0 radical (unpaired) electrons. The van der Waals surface area contributed by atoms with Crippen molar-refractivity contribution in [3.05, 3.63) is 55.0 Å². The lowest BCUT2D eigenvalue weighted by Gasteiger charge is -2.43. The molecular weight excluding hydrogens is 773 g/mol. The van der Waals surface area contributed by atoms with E-state index < -0.39 is 0 Å². The van der Waals surface area contributed by atoms with E-state index in [1.54, 1.807) is 36.6 Å². The number of nitriles is 1. The molecule has 0 amide bonds. The second-order valence-electron chi connectivity index (χ2n) is 15.2. The van der Waals surface area contributed by atoms with Crippen LogP contribution in [0.15, 0.2) is 49.4 Å². The highest BCUT2D eigenvalue weighted by molar-refractivity contribution is 5.67. The van der Waals surface area contributed by atoms with Gasteiger partial charge in [-0.15, -0.1) is 5.10 Å². The van der Waals surface area contributed by atoms with E-state index in [1.807, 2.05) is 29.9 Å². The van der Waals surface area contributed by atoms with E-state index in [-0.39, 0.29) is 12.1 Å². The van der Waals surface area contributed by atoms with Gasteiger partial charge in [0.25, 0.3) is 5.88 Å². The Balaban J connectivity index is 0.931. The van der Waals surface area contributed by atoms with Gasteiger partial charge in [0.1, 0.15) is 42.9 Å². The molecule has 3 aliphatic rings. The summed E-state index contributed by atoms with van der Waals surface area (Å²) in [6.07, 6.45) is 15.2. The molecule has 4 aromatic rings. The Bertz CT molecular complexity index is 1890. The van der Waals surface area contributed by atoms with Gasteiger partial charge in [-0.1, -0.05) is 6.07 Å². The molecule has 60 heavy (non-hydrogen) atoms. The summed E-state index contributed by atoms with van der Waals surface area (Å²) in [4.78, 5) is 16.0. The lowest BCUT2D eigenvalue weighted by molar-refractivity contribution is -0.0458. The number of rotatable bonds is 25. The summed E-state index contributed by atoms with van der Waals surface area (Å²) in [5.74, 6) is 1.34. The van der Waals surface area contributed by atoms with Gasteiger partial charge < -0.3 is 43.2 Å². The van der Waals surface area contributed by atoms with E-state index >= 15 is 0 Å². The fourth-order valence-corrected chi connectivity index (χ4v) is 8.13. The first kappa shape index (κ1) is 43.4. The zero-order valence-corrected chi connectivity index (χ0v) is 34.7. The van der Waals surface area contributed by atoms with Gasteiger partial charge in [-0.05, 0) is 63.1 Å². The number of methoxy groups -OCH3 is 1. The Hall–Kier alpha value is -4.74. The van der Waals surface area contributed by atoms with Crippen molar-refractivity contribution in [3.63, 3.8) is 0 Å². The van der Waals surface area contributed by atoms with E-state index in [2.05, 4.69) is 36.3 Å². The molecule has 1 aliphatic carbocycles. The topological polar surface area (TPSA) is 187 Å². The van der Waals surface area contributed by atoms with Crippen LogP contribution in [0.5, 0.6) is 11.6 Å². The van der Waals surface area contributed by atoms with Crippen LogP contribution in [0.1, 0.15) is 57.1 Å². The van der Waals surface area contributed by atoms with E-state index in [9.17, 15) is 5.26 Å². The quantitative estimate of drug-likeness (QED) is 0.0923. The van der Waals surface area contributed by atoms with Gasteiger partial charge in [-0.25, -0.2) is 19.6 Å². The van der Waals surface area contributed by atoms with Crippen molar-refractivity contribution >= 4 is 11.6 Å². The average Bonchev–Trinajstić information content (AvgIpc) is 4.00. The Labute approximate surface area is 351 Å². The Kier molecular flexibility index (Phi) is 16.4. The minimum absolute atomic E-state index is 0.247. The molecule has 18 heteroatoms. The highest BCUT2D eigenvalue weighted by atomic mass is 16.6. The highest BCUT2D eigenvalue weighted by Gasteiger charge is 2.42. The van der Waals surface area contributed by atoms with Gasteiger partial charge in [-0.3, -0.25) is 9.58 Å². The molecule has 2 saturated heterocycles. The number of aromatic nitrogens is 7. The zero-order chi connectivity index (χ0) is 41.4. The van der Waals surface area contributed by atoms with Crippen LogP contribution in [0, 0.1) is 11.3 Å². The van der Waals surface area contributed by atoms with Crippen molar-refractivity contribution in [2.24, 2.45) is 0 Å². The number of ether oxygens (including phenoxy) is 8. The molecule has 3 fully saturated rings. The molecule has 18 nitrogen and oxygen atoms in total. The average molecular weight is 831 g/mol. The van der Waals surface area contributed by atoms with Crippen LogP contribution in [0.2, 0.25) is 0 Å². The van der Waals surface area contributed by atoms with E-state index in [0.29, 0.717) is 120 Å². The number of hydrogen-bond donors (Lipinski definition) is 1. The van der Waals surface area contributed by atoms with Crippen molar-refractivity contribution in [1.29, 1.82) is 5.26 Å². The number of benzene rings is 1. The second kappa shape index (κ2) is 22.7. The molecule has 3 aromatic heterocycles. The minimum Gasteiger partial charge on any atom is -0.487 e. The van der Waals surface area contributed by atoms with Gasteiger partial charge in [0.05, 0.1) is 97.0 Å². The van der Waals surface area contributed by atoms with Gasteiger partial charge >= 0.3 is 0 Å². The fraction of sp³-hybridized carbons (Fsp3) is 0.619. The molecule has 5 heterocycles. The predicted octanol–water partition coefficient (Wildman–Crippen LogP) is 4.45. The highest BCUT2D eigenvalue weighted by Crippen LogP contribution is 2.39. The molecule has 0 unspecified atom stereocenters. The van der Waals surface area contributed by atoms with Crippen LogP contribution >= 0.6 is 0 Å². The third-order valence-electron chi connectivity index (χ3n) is 11.0. The monoisotopic (exact) mass is 830 g/mol. The van der Waals surface area contributed by atoms with Gasteiger partial charge in [-0.2, -0.15) is 10.4 Å². The molecule has 324 valence electrons. The standard InChI is InChI=1S/C42H58N10O8/c1-31(25-50-30-44-29-47-50)60-40-21-32(3-4-33(40)22-43)34-23-45-42(46-24-34)48-39-26-51(35-5-7-36(8-6-35)52-37-9-10-38(52)28-58-27-37)49-41(39)59-20-19-57-18-17-56-16-15-55-14-13-54-12-11-53-2/h3-4,21,23-24,26,29-31,35-38H,5-20,25,27-28H2,1-2H3,(H,45,46,48)/t31-,35?,36?,37-,38+/m0/s1. The summed E-state index contributed by atoms with van der Waals surface area (Å²) >= 11 is 0. The maximum Gasteiger partial charge on any atom is 0.257 e. The van der Waals surface area contributed by atoms with Gasteiger partial charge in [0.15, 0.2) is 0 Å². The first-order valence-corrected chi connectivity index (χ1v) is 21.1. The number of morpholine rings is 1. The van der Waals surface area contributed by atoms with E-state index in [0.717, 1.165) is 50.0 Å². The smallest absolute Gasteiger partial charge is 0.257 e. The summed E-state index contributed by atoms with van der Waals surface area (Å²) < 4.78 is 49.2. The lowest BCUT2D eigenvalue weighted by Crippen LogP contribution is -2.52. The normalized spacial score (nSPS) is 20.8. The van der Waals surface area contributed by atoms with Crippen LogP contribution < -0.4 is 14.8 Å². The lowest BCUT2D eigenvalue weighted by atomic mass is 9.89. The van der Waals surface area contributed by atoms with Gasteiger partial charge in [0.2, 0.25) is 5.95 Å². The Morgan fingerprint density at radius 2 is 1.45 bits per heavy atom. The molecule has 7 rings (SSSR count). The number of fused-ring (bicyclic) bond motifs is 2. The summed E-state index contributed by atoms with van der Waals surface area (Å²) in [5, 5.41) is 22.2. The number of anilines is 2. The summed E-state index contributed by atoms with van der Waals surface area (Å²) in [6.45, 7) is 8.87. The molecule has 1 aromatic carbocycles. The molecule has 0 spiro atoms. The number of hydrogen-bond acceptors (Lipinski definition) is 16. The molecule has 1 saturated carbocycles. The molecule has 1 N–H and O–H groups in total. The van der Waals surface area contributed by atoms with Crippen molar-refractivity contribution in [3.8, 4) is 28.8 Å². The maximum absolute atomic E-state index is 9.75. The number of nitrogens with one attached hydrogen (secondary N) is 1. The fourth-order valence-electron chi connectivity index (χ4n) is 8.13. The molecule has 2 aliphatic heterocycles. The zero-order valence-electron chi connectivity index (χ0n) is 34.7. The van der Waals surface area contributed by atoms with Crippen LogP contribution in [0.4, 0.5) is 11.6 Å². The van der Waals surface area contributed by atoms with E-state index in [4.69, 9.17) is 43.0 Å². The largest absolute Gasteiger partial charge is 0.487 e. The summed E-state index contributed by atoms with van der Waals surface area (Å²) in [7, 11) is 1.65. The predicted molar refractivity (Wildman–Crippen MR) is 219 cm³/mol. The molecule has 3 atom stereocenters. The maximum atomic E-state index is 9.75. The first-order chi connectivity index (χ1) is 29.6. The summed E-state index contributed by atoms with van der Waals surface area (Å²) in [5.41, 5.74) is 2.71. The van der Waals surface area contributed by atoms with Crippen molar-refractivity contribution < 1.29 is 37.9 Å². The van der Waals surface area contributed by atoms with Crippen LogP contribution in [0.3, 0.4) is 0 Å². The number of nitrogens with zero attached hydrogens (tertiary/aromatic N) is 9. The summed E-state index contributed by atoms with van der Waals surface area (Å²) in [6, 6.07) is 9.64. The third kappa shape index (κ3) is 12.2. The van der Waals surface area contributed by atoms with Crippen molar-refractivity contribution in [2.75, 3.05) is 91.7 Å². The van der Waals surface area contributed by atoms with E-state index in [1.165, 1.54) is 19.2 Å². The molecule has 2 bridgehead atoms. The Morgan fingerprint density at radius 1 is 0.817 bits per heavy atom. The van der Waals surface area contributed by atoms with Crippen molar-refractivity contribution in [2.45, 2.75) is 82.3 Å². The van der Waals surface area contributed by atoms with Crippen LogP contribution in [-0.2, 0) is 35.0 Å². The van der Waals surface area contributed by atoms with Crippen LogP contribution in [-0.4, -0.2) is 150 Å². The third-order valence-corrected chi connectivity index (χ3v) is 11.0. The second-order valence-corrected chi connectivity index (χ2v) is 15.2. The van der Waals surface area contributed by atoms with Gasteiger partial charge in [0, 0.05) is 43.2 Å². The minimum atomic E-state index is -0.247. The first-order valence-electron chi connectivity index (χ1n) is 21.1. The SMILES string of the molecule is COCCOCCOCCOCCOCCOc1nn(C2CCC(N3[C@@H]4CC[C@H]3COC4)CC2)cc1Nc1ncc(-c2ccc(C#N)c(O[C@@H](C)Cn3cncn3)c2)cn1.